The monoisotopic (exact) mass is 599 g/mol. The van der Waals surface area contributed by atoms with E-state index in [0.29, 0.717) is 56.2 Å². The maximum Gasteiger partial charge on any atom is 0.420 e. The first-order valence-corrected chi connectivity index (χ1v) is 15.0. The van der Waals surface area contributed by atoms with Crippen LogP contribution in [-0.4, -0.2) is 86.8 Å². The second kappa shape index (κ2) is 11.2. The highest BCUT2D eigenvalue weighted by atomic mass is 35.5. The van der Waals surface area contributed by atoms with E-state index in [1.807, 2.05) is 12.1 Å². The Morgan fingerprint density at radius 2 is 1.90 bits per heavy atom. The lowest BCUT2D eigenvalue weighted by Gasteiger charge is -2.30. The molecule has 0 spiro atoms. The van der Waals surface area contributed by atoms with Crippen LogP contribution in [0.1, 0.15) is 30.4 Å². The number of rotatable bonds is 7. The van der Waals surface area contributed by atoms with E-state index >= 15 is 0 Å². The van der Waals surface area contributed by atoms with Crippen LogP contribution in [0.4, 0.5) is 19.1 Å². The number of imidazole rings is 1. The van der Waals surface area contributed by atoms with E-state index in [0.717, 1.165) is 24.6 Å². The SMILES string of the molecule is CS(=O)(=O)N1CCC(Nc2ncc(C(F)(F)F)c(-c3cn(-c4cccc(CN5CCC(O)C5)c4Cl)cn3)n2)CC1. The van der Waals surface area contributed by atoms with Crippen molar-refractivity contribution in [2.45, 2.75) is 44.1 Å². The molecule has 0 bridgehead atoms. The highest BCUT2D eigenvalue weighted by Crippen LogP contribution is 2.36. The fraction of sp³-hybridized carbons (Fsp3) is 0.480. The van der Waals surface area contributed by atoms with E-state index < -0.39 is 21.8 Å². The average molecular weight is 600 g/mol. The molecule has 3 aromatic rings. The summed E-state index contributed by atoms with van der Waals surface area (Å²) in [5, 5.41) is 13.3. The molecule has 40 heavy (non-hydrogen) atoms. The van der Waals surface area contributed by atoms with Crippen molar-refractivity contribution in [1.29, 1.82) is 0 Å². The summed E-state index contributed by atoms with van der Waals surface area (Å²) in [6.45, 7) is 2.43. The van der Waals surface area contributed by atoms with Crippen molar-refractivity contribution in [3.8, 4) is 17.1 Å². The fourth-order valence-corrected chi connectivity index (χ4v) is 6.19. The van der Waals surface area contributed by atoms with Gasteiger partial charge in [-0.3, -0.25) is 4.90 Å². The maximum absolute atomic E-state index is 13.9. The summed E-state index contributed by atoms with van der Waals surface area (Å²) in [5.74, 6) is 0.00295. The number of benzene rings is 1. The summed E-state index contributed by atoms with van der Waals surface area (Å²) in [6, 6.07) is 5.24. The van der Waals surface area contributed by atoms with Crippen molar-refractivity contribution < 1.29 is 26.7 Å². The normalized spacial score (nSPS) is 19.8. The first-order valence-electron chi connectivity index (χ1n) is 12.8. The second-order valence-electron chi connectivity index (χ2n) is 10.1. The Balaban J connectivity index is 1.39. The number of β-amino-alcohol motifs (C(OH)–C–C–N with tert-alkyl or cyclic N) is 1. The van der Waals surface area contributed by atoms with Crippen LogP contribution in [0.3, 0.4) is 0 Å². The highest BCUT2D eigenvalue weighted by Gasteiger charge is 2.36. The van der Waals surface area contributed by atoms with Crippen molar-refractivity contribution in [3.63, 3.8) is 0 Å². The summed E-state index contributed by atoms with van der Waals surface area (Å²) in [5.41, 5.74) is -0.0294. The fourth-order valence-electron chi connectivity index (χ4n) is 5.03. The Hall–Kier alpha value is -2.78. The number of aliphatic hydroxyl groups excluding tert-OH is 1. The van der Waals surface area contributed by atoms with Crippen LogP contribution in [0.25, 0.3) is 17.1 Å². The predicted octanol–water partition coefficient (Wildman–Crippen LogP) is 3.40. The van der Waals surface area contributed by atoms with Crippen molar-refractivity contribution in [3.05, 3.63) is 53.1 Å². The molecule has 0 amide bonds. The van der Waals surface area contributed by atoms with Crippen LogP contribution >= 0.6 is 11.6 Å². The van der Waals surface area contributed by atoms with Gasteiger partial charge >= 0.3 is 6.18 Å². The number of likely N-dealkylation sites (tertiary alicyclic amines) is 1. The average Bonchev–Trinajstić information content (AvgIpc) is 3.54. The minimum atomic E-state index is -4.71. The Kier molecular flexibility index (Phi) is 8.08. The third kappa shape index (κ3) is 6.41. The van der Waals surface area contributed by atoms with Crippen LogP contribution in [0.5, 0.6) is 0 Å². The van der Waals surface area contributed by atoms with Gasteiger partial charge in [-0.2, -0.15) is 13.2 Å². The molecule has 0 saturated carbocycles. The Bertz CT molecular complexity index is 1480. The number of aliphatic hydroxyl groups is 1. The number of sulfonamides is 1. The van der Waals surface area contributed by atoms with Gasteiger partial charge in [-0.1, -0.05) is 23.7 Å². The van der Waals surface area contributed by atoms with Crippen molar-refractivity contribution in [1.82, 2.24) is 28.7 Å². The van der Waals surface area contributed by atoms with E-state index in [4.69, 9.17) is 11.6 Å². The first kappa shape index (κ1) is 28.7. The molecule has 5 rings (SSSR count). The van der Waals surface area contributed by atoms with Gasteiger partial charge in [-0.05, 0) is 30.9 Å². The standard InChI is InChI=1S/C25H29ClF3N7O3S/c1-40(38,39)36-9-5-17(6-10-36)32-24-30-11-19(25(27,28)29)23(33-24)20-14-35(15-31-20)21-4-2-3-16(22(21)26)12-34-8-7-18(37)13-34/h2-4,11,14-15,17-18,37H,5-10,12-13H2,1H3,(H,30,32,33). The first-order chi connectivity index (χ1) is 18.9. The number of anilines is 1. The number of nitrogens with zero attached hydrogens (tertiary/aromatic N) is 6. The van der Waals surface area contributed by atoms with E-state index in [2.05, 4.69) is 25.2 Å². The van der Waals surface area contributed by atoms with Crippen molar-refractivity contribution >= 4 is 27.6 Å². The van der Waals surface area contributed by atoms with Gasteiger partial charge in [-0.15, -0.1) is 0 Å². The Morgan fingerprint density at radius 1 is 1.15 bits per heavy atom. The number of nitrogens with one attached hydrogen (secondary N) is 1. The zero-order valence-corrected chi connectivity index (χ0v) is 23.2. The second-order valence-corrected chi connectivity index (χ2v) is 12.5. The maximum atomic E-state index is 13.9. The number of aromatic nitrogens is 4. The van der Waals surface area contributed by atoms with Crippen LogP contribution in [-0.2, 0) is 22.7 Å². The molecule has 10 nitrogen and oxygen atoms in total. The summed E-state index contributed by atoms with van der Waals surface area (Å²) >= 11 is 6.69. The van der Waals surface area contributed by atoms with E-state index in [1.54, 1.807) is 10.6 Å². The molecular formula is C25H29ClF3N7O3S. The zero-order chi connectivity index (χ0) is 28.7. The molecule has 1 atom stereocenters. The molecule has 4 heterocycles. The molecule has 1 unspecified atom stereocenters. The van der Waals surface area contributed by atoms with Crippen LogP contribution in [0, 0.1) is 0 Å². The summed E-state index contributed by atoms with van der Waals surface area (Å²) in [7, 11) is -3.30. The summed E-state index contributed by atoms with van der Waals surface area (Å²) in [6.07, 6.45) is 1.25. The molecule has 2 aliphatic heterocycles. The number of hydrogen-bond acceptors (Lipinski definition) is 8. The molecule has 2 fully saturated rings. The summed E-state index contributed by atoms with van der Waals surface area (Å²) in [4.78, 5) is 14.4. The smallest absolute Gasteiger partial charge is 0.392 e. The summed E-state index contributed by atoms with van der Waals surface area (Å²) < 4.78 is 68.2. The lowest BCUT2D eigenvalue weighted by Crippen LogP contribution is -2.42. The molecule has 0 aliphatic carbocycles. The minimum absolute atomic E-state index is 0.00295. The Morgan fingerprint density at radius 3 is 2.55 bits per heavy atom. The zero-order valence-electron chi connectivity index (χ0n) is 21.6. The largest absolute Gasteiger partial charge is 0.420 e. The van der Waals surface area contributed by atoms with Crippen molar-refractivity contribution in [2.24, 2.45) is 0 Å². The van der Waals surface area contributed by atoms with Gasteiger partial charge in [0.05, 0.1) is 23.1 Å². The number of hydrogen-bond donors (Lipinski definition) is 2. The number of piperidine rings is 1. The van der Waals surface area contributed by atoms with E-state index in [9.17, 15) is 26.7 Å². The lowest BCUT2D eigenvalue weighted by atomic mass is 10.1. The third-order valence-corrected chi connectivity index (χ3v) is 8.89. The van der Waals surface area contributed by atoms with Gasteiger partial charge < -0.3 is 15.0 Å². The van der Waals surface area contributed by atoms with Crippen LogP contribution < -0.4 is 5.32 Å². The third-order valence-electron chi connectivity index (χ3n) is 7.15. The molecule has 216 valence electrons. The topological polar surface area (TPSA) is 116 Å². The molecule has 15 heteroatoms. The molecule has 1 aromatic carbocycles. The minimum Gasteiger partial charge on any atom is -0.392 e. The molecule has 2 N–H and O–H groups in total. The quantitative estimate of drug-likeness (QED) is 0.425. The molecular weight excluding hydrogens is 571 g/mol. The molecule has 2 aliphatic rings. The Labute approximate surface area is 234 Å². The van der Waals surface area contributed by atoms with Gasteiger partial charge in [0, 0.05) is 51.2 Å². The van der Waals surface area contributed by atoms with E-state index in [1.165, 1.54) is 16.8 Å². The molecule has 0 radical (unpaired) electrons. The van der Waals surface area contributed by atoms with Crippen molar-refractivity contribution in [2.75, 3.05) is 37.8 Å². The van der Waals surface area contributed by atoms with Crippen LogP contribution in [0.2, 0.25) is 5.02 Å². The number of halogens is 4. The van der Waals surface area contributed by atoms with Gasteiger partial charge in [0.15, 0.2) is 0 Å². The molecule has 2 aromatic heterocycles. The van der Waals surface area contributed by atoms with E-state index in [-0.39, 0.29) is 29.5 Å². The van der Waals surface area contributed by atoms with Gasteiger partial charge in [0.25, 0.3) is 0 Å². The molecule has 2 saturated heterocycles. The van der Waals surface area contributed by atoms with Crippen LogP contribution in [0.15, 0.2) is 36.9 Å². The van der Waals surface area contributed by atoms with Gasteiger partial charge in [0.2, 0.25) is 16.0 Å². The van der Waals surface area contributed by atoms with Gasteiger partial charge in [-0.25, -0.2) is 27.7 Å². The predicted molar refractivity (Wildman–Crippen MR) is 144 cm³/mol. The highest BCUT2D eigenvalue weighted by molar-refractivity contribution is 7.88. The van der Waals surface area contributed by atoms with Gasteiger partial charge in [0.1, 0.15) is 23.3 Å². The lowest BCUT2D eigenvalue weighted by molar-refractivity contribution is -0.137. The number of alkyl halides is 3.